The molecule has 1 unspecified atom stereocenters. The van der Waals surface area contributed by atoms with Crippen LogP contribution in [0, 0.1) is 0 Å². The summed E-state index contributed by atoms with van der Waals surface area (Å²) < 4.78 is 0. The lowest BCUT2D eigenvalue weighted by Gasteiger charge is -2.27. The molecule has 0 heterocycles. The Morgan fingerprint density at radius 2 is 2.14 bits per heavy atom. The van der Waals surface area contributed by atoms with Crippen molar-refractivity contribution in [2.24, 2.45) is 5.73 Å². The van der Waals surface area contributed by atoms with E-state index in [4.69, 9.17) is 5.73 Å². The van der Waals surface area contributed by atoms with Crippen molar-refractivity contribution in [2.75, 3.05) is 5.75 Å². The van der Waals surface area contributed by atoms with Crippen molar-refractivity contribution in [2.45, 2.75) is 61.9 Å². The second kappa shape index (κ2) is 6.01. The van der Waals surface area contributed by atoms with Crippen LogP contribution in [0.5, 0.6) is 0 Å². The lowest BCUT2D eigenvalue weighted by Crippen LogP contribution is -2.54. The number of hydrogen-bond donors (Lipinski definition) is 2. The summed E-state index contributed by atoms with van der Waals surface area (Å²) >= 11 is 1.83. The third-order valence-corrected chi connectivity index (χ3v) is 5.58. The average Bonchev–Trinajstić information content (AvgIpc) is 3.13. The maximum absolute atomic E-state index is 11.7. The van der Waals surface area contributed by atoms with Crippen molar-refractivity contribution in [3.05, 3.63) is 29.3 Å². The van der Waals surface area contributed by atoms with Crippen molar-refractivity contribution < 1.29 is 4.79 Å². The van der Waals surface area contributed by atoms with Crippen molar-refractivity contribution in [3.8, 4) is 0 Å². The number of rotatable bonds is 7. The Morgan fingerprint density at radius 1 is 1.38 bits per heavy atom. The highest BCUT2D eigenvalue weighted by Gasteiger charge is 2.36. The van der Waals surface area contributed by atoms with Gasteiger partial charge in [-0.1, -0.05) is 6.07 Å². The molecule has 3 N–H and O–H groups in total. The molecule has 1 atom stereocenters. The summed E-state index contributed by atoms with van der Waals surface area (Å²) in [5.74, 6) is 0.682. The minimum Gasteiger partial charge on any atom is -0.368 e. The third-order valence-electron chi connectivity index (χ3n) is 4.58. The fourth-order valence-electron chi connectivity index (χ4n) is 2.96. The summed E-state index contributed by atoms with van der Waals surface area (Å²) in [7, 11) is 0. The van der Waals surface area contributed by atoms with Crippen LogP contribution in [0.1, 0.15) is 43.7 Å². The summed E-state index contributed by atoms with van der Waals surface area (Å²) in [6.45, 7) is 1.94. The van der Waals surface area contributed by atoms with Crippen LogP contribution >= 0.6 is 11.8 Å². The van der Waals surface area contributed by atoms with E-state index in [1.165, 1.54) is 48.1 Å². The molecule has 4 heteroatoms. The zero-order valence-electron chi connectivity index (χ0n) is 12.7. The fourth-order valence-corrected chi connectivity index (χ4v) is 4.09. The van der Waals surface area contributed by atoms with Crippen LogP contribution < -0.4 is 11.1 Å². The molecule has 0 saturated heterocycles. The molecule has 1 fully saturated rings. The molecule has 0 spiro atoms. The monoisotopic (exact) mass is 304 g/mol. The van der Waals surface area contributed by atoms with E-state index >= 15 is 0 Å². The first-order valence-electron chi connectivity index (χ1n) is 7.89. The van der Waals surface area contributed by atoms with Gasteiger partial charge in [0, 0.05) is 16.7 Å². The summed E-state index contributed by atoms with van der Waals surface area (Å²) in [5, 5.41) is 3.41. The first kappa shape index (κ1) is 14.9. The topological polar surface area (TPSA) is 55.1 Å². The molecular formula is C17H24N2OS. The van der Waals surface area contributed by atoms with E-state index in [-0.39, 0.29) is 5.91 Å². The Labute approximate surface area is 131 Å². The predicted octanol–water partition coefficient (Wildman–Crippen LogP) is 2.65. The van der Waals surface area contributed by atoms with Gasteiger partial charge in [0.2, 0.25) is 5.91 Å². The highest BCUT2D eigenvalue weighted by atomic mass is 32.2. The van der Waals surface area contributed by atoms with E-state index < -0.39 is 5.54 Å². The van der Waals surface area contributed by atoms with Gasteiger partial charge in [-0.2, -0.15) is 0 Å². The number of carbonyl (C=O) groups excluding carboxylic acids is 1. The highest BCUT2D eigenvalue weighted by Crippen LogP contribution is 2.30. The normalized spacial score (nSPS) is 20.0. The Morgan fingerprint density at radius 3 is 2.86 bits per heavy atom. The summed E-state index contributed by atoms with van der Waals surface area (Å²) in [4.78, 5) is 13.0. The average molecular weight is 304 g/mol. The molecule has 0 radical (unpaired) electrons. The van der Waals surface area contributed by atoms with Gasteiger partial charge < -0.3 is 11.1 Å². The van der Waals surface area contributed by atoms with Gasteiger partial charge in [0.1, 0.15) is 0 Å². The van der Waals surface area contributed by atoms with Gasteiger partial charge in [0.25, 0.3) is 0 Å². The Bertz CT molecular complexity index is 542. The number of benzene rings is 1. The first-order chi connectivity index (χ1) is 10.1. The van der Waals surface area contributed by atoms with Crippen LogP contribution in [0.15, 0.2) is 23.1 Å². The van der Waals surface area contributed by atoms with Gasteiger partial charge in [-0.25, -0.2) is 0 Å². The SMILES string of the molecule is CC(CCSc1ccc2c(c1)CCC2)(NC1CC1)C(N)=O. The maximum atomic E-state index is 11.7. The Balaban J connectivity index is 1.55. The Hall–Kier alpha value is -1.00. The predicted molar refractivity (Wildman–Crippen MR) is 87.6 cm³/mol. The van der Waals surface area contributed by atoms with Crippen LogP contribution in [0.25, 0.3) is 0 Å². The number of nitrogens with two attached hydrogens (primary N) is 1. The van der Waals surface area contributed by atoms with E-state index in [2.05, 4.69) is 23.5 Å². The second-order valence-corrected chi connectivity index (χ2v) is 7.67. The quantitative estimate of drug-likeness (QED) is 0.762. The molecule has 3 rings (SSSR count). The van der Waals surface area contributed by atoms with E-state index in [0.29, 0.717) is 6.04 Å². The van der Waals surface area contributed by atoms with Gasteiger partial charge in [0.05, 0.1) is 5.54 Å². The lowest BCUT2D eigenvalue weighted by molar-refractivity contribution is -0.124. The molecule has 114 valence electrons. The molecule has 3 nitrogen and oxygen atoms in total. The lowest BCUT2D eigenvalue weighted by atomic mass is 9.98. The molecule has 2 aliphatic rings. The fraction of sp³-hybridized carbons (Fsp3) is 0.588. The molecule has 1 aromatic rings. The van der Waals surface area contributed by atoms with Gasteiger partial charge in [0.15, 0.2) is 0 Å². The zero-order valence-corrected chi connectivity index (χ0v) is 13.5. The molecule has 1 amide bonds. The molecule has 21 heavy (non-hydrogen) atoms. The molecule has 0 aliphatic heterocycles. The van der Waals surface area contributed by atoms with Crippen LogP contribution in [0.2, 0.25) is 0 Å². The molecule has 1 saturated carbocycles. The largest absolute Gasteiger partial charge is 0.368 e. The van der Waals surface area contributed by atoms with E-state index in [1.54, 1.807) is 0 Å². The van der Waals surface area contributed by atoms with Gasteiger partial charge in [-0.3, -0.25) is 4.79 Å². The maximum Gasteiger partial charge on any atom is 0.237 e. The standard InChI is InChI=1S/C17H24N2OS/c1-17(16(18)20,19-14-6-7-14)9-10-21-15-8-5-12-3-2-4-13(12)11-15/h5,8,11,14,19H,2-4,6-7,9-10H2,1H3,(H2,18,20). The number of primary amides is 1. The van der Waals surface area contributed by atoms with Crippen LogP contribution in [0.4, 0.5) is 0 Å². The molecule has 0 aromatic heterocycles. The molecule has 2 aliphatic carbocycles. The highest BCUT2D eigenvalue weighted by molar-refractivity contribution is 7.99. The van der Waals surface area contributed by atoms with Gasteiger partial charge in [-0.15, -0.1) is 11.8 Å². The number of aryl methyl sites for hydroxylation is 2. The van der Waals surface area contributed by atoms with E-state index in [1.807, 2.05) is 18.7 Å². The number of amides is 1. The number of fused-ring (bicyclic) bond motifs is 1. The zero-order chi connectivity index (χ0) is 14.9. The van der Waals surface area contributed by atoms with Crippen molar-refractivity contribution in [1.82, 2.24) is 5.32 Å². The Kier molecular flexibility index (Phi) is 4.27. The summed E-state index contributed by atoms with van der Waals surface area (Å²) in [6.07, 6.45) is 6.84. The molecular weight excluding hydrogens is 280 g/mol. The van der Waals surface area contributed by atoms with Crippen LogP contribution in [-0.2, 0) is 17.6 Å². The first-order valence-corrected chi connectivity index (χ1v) is 8.88. The van der Waals surface area contributed by atoms with E-state index in [9.17, 15) is 4.79 Å². The summed E-state index contributed by atoms with van der Waals surface area (Å²) in [5.41, 5.74) is 8.04. The molecule has 1 aromatic carbocycles. The van der Waals surface area contributed by atoms with Gasteiger partial charge >= 0.3 is 0 Å². The number of hydrogen-bond acceptors (Lipinski definition) is 3. The van der Waals surface area contributed by atoms with Crippen molar-refractivity contribution in [1.29, 1.82) is 0 Å². The number of nitrogens with one attached hydrogen (secondary N) is 1. The van der Waals surface area contributed by atoms with E-state index in [0.717, 1.165) is 12.2 Å². The van der Waals surface area contributed by atoms with Crippen molar-refractivity contribution in [3.63, 3.8) is 0 Å². The second-order valence-electron chi connectivity index (χ2n) is 6.50. The minimum atomic E-state index is -0.565. The van der Waals surface area contributed by atoms with Gasteiger partial charge in [-0.05, 0) is 68.7 Å². The molecule has 0 bridgehead atoms. The summed E-state index contributed by atoms with van der Waals surface area (Å²) in [6, 6.07) is 7.29. The third kappa shape index (κ3) is 3.61. The minimum absolute atomic E-state index is 0.232. The number of carbonyl (C=O) groups is 1. The van der Waals surface area contributed by atoms with Crippen LogP contribution in [0.3, 0.4) is 0 Å². The van der Waals surface area contributed by atoms with Crippen LogP contribution in [-0.4, -0.2) is 23.2 Å². The smallest absolute Gasteiger partial charge is 0.237 e. The number of thioether (sulfide) groups is 1. The van der Waals surface area contributed by atoms with Crippen molar-refractivity contribution >= 4 is 17.7 Å².